The smallest absolute Gasteiger partial charge is 0.287 e. The zero-order chi connectivity index (χ0) is 20.6. The summed E-state index contributed by atoms with van der Waals surface area (Å²) in [6.45, 7) is 5.79. The van der Waals surface area contributed by atoms with Gasteiger partial charge in [-0.3, -0.25) is 4.90 Å². The summed E-state index contributed by atoms with van der Waals surface area (Å²) in [5, 5.41) is 0. The van der Waals surface area contributed by atoms with Crippen molar-refractivity contribution in [1.82, 2.24) is 0 Å². The number of sulfonamides is 1. The van der Waals surface area contributed by atoms with Gasteiger partial charge in [-0.2, -0.15) is 4.31 Å². The molecule has 3 aromatic carbocycles. The van der Waals surface area contributed by atoms with Gasteiger partial charge in [0, 0.05) is 0 Å². The van der Waals surface area contributed by atoms with Crippen LogP contribution in [-0.4, -0.2) is 14.4 Å². The minimum atomic E-state index is -4.01. The Kier molecular flexibility index (Phi) is 4.72. The SMILES string of the molecule is C=Cc1ccc(CN2C(=O)N(c3ccccc3C)S(=O)(=O)c3ccccc32)cc1. The lowest BCUT2D eigenvalue weighted by molar-refractivity contribution is 0.253. The number of urea groups is 1. The summed E-state index contributed by atoms with van der Waals surface area (Å²) >= 11 is 0. The molecular formula is C23H20N2O3S. The molecule has 6 heteroatoms. The number of fused-ring (bicyclic) bond motifs is 1. The van der Waals surface area contributed by atoms with Crippen molar-refractivity contribution in [2.45, 2.75) is 18.4 Å². The first kappa shape index (κ1) is 19.0. The quantitative estimate of drug-likeness (QED) is 0.617. The largest absolute Gasteiger partial charge is 0.343 e. The number of carbonyl (C=O) groups excluding carboxylic acids is 1. The van der Waals surface area contributed by atoms with Gasteiger partial charge in [0.05, 0.1) is 17.9 Å². The normalized spacial score (nSPS) is 15.1. The van der Waals surface area contributed by atoms with E-state index in [9.17, 15) is 13.2 Å². The van der Waals surface area contributed by atoms with Crippen molar-refractivity contribution in [3.63, 3.8) is 0 Å². The van der Waals surface area contributed by atoms with Crippen molar-refractivity contribution in [3.05, 3.63) is 96.1 Å². The number of hydrogen-bond acceptors (Lipinski definition) is 3. The molecule has 2 amide bonds. The van der Waals surface area contributed by atoms with E-state index in [1.807, 2.05) is 30.3 Å². The lowest BCUT2D eigenvalue weighted by Gasteiger charge is -2.36. The third-order valence-electron chi connectivity index (χ3n) is 4.97. The van der Waals surface area contributed by atoms with E-state index in [1.54, 1.807) is 49.4 Å². The lowest BCUT2D eigenvalue weighted by atomic mass is 10.1. The molecule has 146 valence electrons. The van der Waals surface area contributed by atoms with E-state index in [4.69, 9.17) is 0 Å². The first-order valence-electron chi connectivity index (χ1n) is 9.16. The third kappa shape index (κ3) is 3.21. The Labute approximate surface area is 170 Å². The predicted molar refractivity (Wildman–Crippen MR) is 115 cm³/mol. The number of hydrogen-bond donors (Lipinski definition) is 0. The van der Waals surface area contributed by atoms with Crippen LogP contribution in [0.25, 0.3) is 6.08 Å². The summed E-state index contributed by atoms with van der Waals surface area (Å²) in [5.41, 5.74) is 3.32. The lowest BCUT2D eigenvalue weighted by Crippen LogP contribution is -2.51. The van der Waals surface area contributed by atoms with Gasteiger partial charge in [0.1, 0.15) is 4.90 Å². The Morgan fingerprint density at radius 3 is 2.17 bits per heavy atom. The number of nitrogens with zero attached hydrogens (tertiary/aromatic N) is 2. The number of amides is 2. The Morgan fingerprint density at radius 2 is 1.52 bits per heavy atom. The summed E-state index contributed by atoms with van der Waals surface area (Å²) < 4.78 is 27.5. The van der Waals surface area contributed by atoms with Crippen LogP contribution in [0.2, 0.25) is 0 Å². The van der Waals surface area contributed by atoms with Crippen molar-refractivity contribution in [2.75, 3.05) is 9.21 Å². The minimum Gasteiger partial charge on any atom is -0.287 e. The minimum absolute atomic E-state index is 0.116. The summed E-state index contributed by atoms with van der Waals surface area (Å²) in [6, 6.07) is 20.6. The Balaban J connectivity index is 1.85. The van der Waals surface area contributed by atoms with Crippen LogP contribution in [0.1, 0.15) is 16.7 Å². The summed E-state index contributed by atoms with van der Waals surface area (Å²) in [7, 11) is -4.01. The van der Waals surface area contributed by atoms with Crippen LogP contribution in [-0.2, 0) is 16.6 Å². The highest BCUT2D eigenvalue weighted by atomic mass is 32.2. The van der Waals surface area contributed by atoms with E-state index < -0.39 is 16.1 Å². The molecule has 1 heterocycles. The first-order valence-corrected chi connectivity index (χ1v) is 10.6. The van der Waals surface area contributed by atoms with Gasteiger partial charge in [-0.15, -0.1) is 0 Å². The van der Waals surface area contributed by atoms with E-state index in [0.717, 1.165) is 15.4 Å². The Morgan fingerprint density at radius 1 is 0.897 bits per heavy atom. The molecule has 0 bridgehead atoms. The van der Waals surface area contributed by atoms with E-state index in [2.05, 4.69) is 6.58 Å². The zero-order valence-corrected chi connectivity index (χ0v) is 16.8. The van der Waals surface area contributed by atoms with Crippen molar-refractivity contribution in [1.29, 1.82) is 0 Å². The van der Waals surface area contributed by atoms with E-state index in [-0.39, 0.29) is 11.4 Å². The molecule has 5 nitrogen and oxygen atoms in total. The highest BCUT2D eigenvalue weighted by Gasteiger charge is 2.42. The molecule has 0 aromatic heterocycles. The third-order valence-corrected chi connectivity index (χ3v) is 6.70. The molecule has 1 aliphatic rings. The van der Waals surface area contributed by atoms with E-state index >= 15 is 0 Å². The maximum atomic E-state index is 13.4. The molecule has 3 aromatic rings. The second kappa shape index (κ2) is 7.22. The van der Waals surface area contributed by atoms with E-state index in [0.29, 0.717) is 16.9 Å². The van der Waals surface area contributed by atoms with Crippen LogP contribution >= 0.6 is 0 Å². The number of anilines is 2. The van der Waals surface area contributed by atoms with Gasteiger partial charge in [-0.05, 0) is 41.8 Å². The molecular weight excluding hydrogens is 384 g/mol. The predicted octanol–water partition coefficient (Wildman–Crippen LogP) is 4.97. The van der Waals surface area contributed by atoms with Gasteiger partial charge < -0.3 is 0 Å². The summed E-state index contributed by atoms with van der Waals surface area (Å²) in [6.07, 6.45) is 1.75. The number of rotatable bonds is 4. The highest BCUT2D eigenvalue weighted by molar-refractivity contribution is 7.94. The maximum Gasteiger partial charge on any atom is 0.343 e. The van der Waals surface area contributed by atoms with Crippen molar-refractivity contribution >= 4 is 33.5 Å². The van der Waals surface area contributed by atoms with Crippen molar-refractivity contribution in [3.8, 4) is 0 Å². The topological polar surface area (TPSA) is 57.7 Å². The fraction of sp³-hybridized carbons (Fsp3) is 0.0870. The van der Waals surface area contributed by atoms with Crippen LogP contribution in [0.3, 0.4) is 0 Å². The van der Waals surface area contributed by atoms with Gasteiger partial charge in [0.15, 0.2) is 0 Å². The van der Waals surface area contributed by atoms with Crippen LogP contribution in [0.15, 0.2) is 84.3 Å². The highest BCUT2D eigenvalue weighted by Crippen LogP contribution is 2.38. The van der Waals surface area contributed by atoms with Crippen molar-refractivity contribution < 1.29 is 13.2 Å². The summed E-state index contributed by atoms with van der Waals surface area (Å²) in [4.78, 5) is 15.1. The van der Waals surface area contributed by atoms with Crippen LogP contribution in [0.4, 0.5) is 16.2 Å². The Bertz CT molecular complexity index is 1200. The fourth-order valence-corrected chi connectivity index (χ4v) is 5.09. The molecule has 0 radical (unpaired) electrons. The average Bonchev–Trinajstić information content (AvgIpc) is 2.73. The molecule has 0 saturated heterocycles. The molecule has 0 atom stereocenters. The average molecular weight is 404 g/mol. The van der Waals surface area contributed by atoms with Gasteiger partial charge in [0.25, 0.3) is 10.0 Å². The van der Waals surface area contributed by atoms with Crippen LogP contribution in [0.5, 0.6) is 0 Å². The van der Waals surface area contributed by atoms with Gasteiger partial charge in [-0.25, -0.2) is 13.2 Å². The molecule has 0 fully saturated rings. The maximum absolute atomic E-state index is 13.4. The second-order valence-corrected chi connectivity index (χ2v) is 8.59. The molecule has 0 unspecified atom stereocenters. The molecule has 4 rings (SSSR count). The van der Waals surface area contributed by atoms with Crippen LogP contribution < -0.4 is 9.21 Å². The molecule has 0 N–H and O–H groups in total. The second-order valence-electron chi connectivity index (χ2n) is 6.84. The monoisotopic (exact) mass is 404 g/mol. The number of aryl methyl sites for hydroxylation is 1. The van der Waals surface area contributed by atoms with Gasteiger partial charge >= 0.3 is 6.03 Å². The van der Waals surface area contributed by atoms with Crippen LogP contribution in [0, 0.1) is 6.92 Å². The number of carbonyl (C=O) groups is 1. The molecule has 0 spiro atoms. The molecule has 0 aliphatic carbocycles. The van der Waals surface area contributed by atoms with Crippen molar-refractivity contribution in [2.24, 2.45) is 0 Å². The van der Waals surface area contributed by atoms with Gasteiger partial charge in [0.2, 0.25) is 0 Å². The number of para-hydroxylation sites is 2. The van der Waals surface area contributed by atoms with Gasteiger partial charge in [-0.1, -0.05) is 67.3 Å². The first-order chi connectivity index (χ1) is 13.9. The van der Waals surface area contributed by atoms with E-state index in [1.165, 1.54) is 11.0 Å². The summed E-state index contributed by atoms with van der Waals surface area (Å²) in [5.74, 6) is 0. The zero-order valence-electron chi connectivity index (χ0n) is 15.9. The number of benzene rings is 3. The molecule has 29 heavy (non-hydrogen) atoms. The molecule has 0 saturated carbocycles. The Hall–Kier alpha value is -3.38. The molecule has 1 aliphatic heterocycles. The standard InChI is InChI=1S/C23H20N2O3S/c1-3-18-12-14-19(15-13-18)16-24-21-10-6-7-11-22(21)29(27,28)25(23(24)26)20-9-5-4-8-17(20)2/h3-15H,1,16H2,2H3. The fourth-order valence-electron chi connectivity index (χ4n) is 3.43.